The number of nitrogens with one attached hydrogen (secondary N) is 2. The molecule has 146 valence electrons. The fraction of sp³-hybridized carbons (Fsp3) is 0.304. The van der Waals surface area contributed by atoms with Crippen molar-refractivity contribution >= 4 is 28.3 Å². The number of carbonyl (C=O) groups excluding carboxylic acids is 2. The van der Waals surface area contributed by atoms with Crippen LogP contribution in [0.4, 0.5) is 5.69 Å². The summed E-state index contributed by atoms with van der Waals surface area (Å²) < 4.78 is 0. The summed E-state index contributed by atoms with van der Waals surface area (Å²) >= 11 is 0. The minimum atomic E-state index is -0.412. The smallest absolute Gasteiger partial charge is 0.238 e. The monoisotopic (exact) mass is 377 g/mol. The molecule has 5 heteroatoms. The molecular weight excluding hydrogens is 350 g/mol. The zero-order valence-corrected chi connectivity index (χ0v) is 17.1. The minimum absolute atomic E-state index is 0.00422. The van der Waals surface area contributed by atoms with Crippen LogP contribution in [0, 0.1) is 20.8 Å². The quantitative estimate of drug-likeness (QED) is 0.632. The molecule has 0 unspecified atom stereocenters. The van der Waals surface area contributed by atoms with E-state index in [9.17, 15) is 9.59 Å². The van der Waals surface area contributed by atoms with Gasteiger partial charge < -0.3 is 10.3 Å². The molecule has 0 saturated heterocycles. The predicted octanol–water partition coefficient (Wildman–Crippen LogP) is 4.23. The van der Waals surface area contributed by atoms with E-state index in [2.05, 4.69) is 22.4 Å². The number of ketones is 1. The molecule has 0 bridgehead atoms. The molecule has 5 nitrogen and oxygen atoms in total. The highest BCUT2D eigenvalue weighted by molar-refractivity contribution is 6.10. The standard InChI is InChI=1S/C23H27N3O2/c1-14-10-15(2)22(16(3)11-14)25-21(27)13-26(5)17(4)23(28)19-12-24-20-9-7-6-8-18(19)20/h6-12,17,24H,13H2,1-5H3,(H,25,27)/t17-/m0/s1. The van der Waals surface area contributed by atoms with E-state index in [1.54, 1.807) is 18.1 Å². The lowest BCUT2D eigenvalue weighted by Crippen LogP contribution is -2.41. The number of aromatic nitrogens is 1. The maximum Gasteiger partial charge on any atom is 0.238 e. The van der Waals surface area contributed by atoms with Crippen LogP contribution in [0.25, 0.3) is 10.9 Å². The predicted molar refractivity (Wildman–Crippen MR) is 114 cm³/mol. The molecule has 28 heavy (non-hydrogen) atoms. The second-order valence-corrected chi connectivity index (χ2v) is 7.53. The number of rotatable bonds is 6. The maximum absolute atomic E-state index is 13.0. The lowest BCUT2D eigenvalue weighted by molar-refractivity contribution is -0.117. The molecule has 0 radical (unpaired) electrons. The first-order valence-electron chi connectivity index (χ1n) is 9.46. The van der Waals surface area contributed by atoms with Crippen molar-refractivity contribution in [1.82, 2.24) is 9.88 Å². The summed E-state index contributed by atoms with van der Waals surface area (Å²) in [4.78, 5) is 30.4. The van der Waals surface area contributed by atoms with E-state index in [1.807, 2.05) is 52.0 Å². The number of Topliss-reactive ketones (excluding diaryl/α,β-unsaturated/α-hetero) is 1. The number of hydrogen-bond donors (Lipinski definition) is 2. The van der Waals surface area contributed by atoms with Gasteiger partial charge in [0.2, 0.25) is 5.91 Å². The number of anilines is 1. The molecule has 2 N–H and O–H groups in total. The molecule has 3 aromatic rings. The van der Waals surface area contributed by atoms with Gasteiger partial charge in [-0.3, -0.25) is 14.5 Å². The van der Waals surface area contributed by atoms with E-state index in [0.29, 0.717) is 5.56 Å². The van der Waals surface area contributed by atoms with Crippen molar-refractivity contribution < 1.29 is 9.59 Å². The Morgan fingerprint density at radius 2 is 1.75 bits per heavy atom. The van der Waals surface area contributed by atoms with Gasteiger partial charge >= 0.3 is 0 Å². The Morgan fingerprint density at radius 1 is 1.11 bits per heavy atom. The number of aryl methyl sites for hydroxylation is 3. The van der Waals surface area contributed by atoms with Crippen LogP contribution in [0.2, 0.25) is 0 Å². The van der Waals surface area contributed by atoms with Gasteiger partial charge in [0.15, 0.2) is 5.78 Å². The van der Waals surface area contributed by atoms with Crippen LogP contribution >= 0.6 is 0 Å². The molecule has 1 amide bonds. The third kappa shape index (κ3) is 3.99. The van der Waals surface area contributed by atoms with Gasteiger partial charge in [-0.15, -0.1) is 0 Å². The van der Waals surface area contributed by atoms with E-state index in [-0.39, 0.29) is 18.2 Å². The first-order valence-corrected chi connectivity index (χ1v) is 9.46. The Hall–Kier alpha value is -2.92. The second-order valence-electron chi connectivity index (χ2n) is 7.53. The highest BCUT2D eigenvalue weighted by Gasteiger charge is 2.24. The summed E-state index contributed by atoms with van der Waals surface area (Å²) in [5.74, 6) is -0.133. The van der Waals surface area contributed by atoms with Gasteiger partial charge in [0.05, 0.1) is 12.6 Å². The van der Waals surface area contributed by atoms with Crippen LogP contribution < -0.4 is 5.32 Å². The molecule has 2 aromatic carbocycles. The van der Waals surface area contributed by atoms with Crippen molar-refractivity contribution in [3.63, 3.8) is 0 Å². The van der Waals surface area contributed by atoms with E-state index in [4.69, 9.17) is 0 Å². The van der Waals surface area contributed by atoms with Crippen LogP contribution in [0.3, 0.4) is 0 Å². The number of likely N-dealkylation sites (N-methyl/N-ethyl adjacent to an activating group) is 1. The molecule has 3 rings (SSSR count). The lowest BCUT2D eigenvalue weighted by Gasteiger charge is -2.23. The Bertz CT molecular complexity index is 1010. The van der Waals surface area contributed by atoms with E-state index >= 15 is 0 Å². The van der Waals surface area contributed by atoms with Gasteiger partial charge in [-0.05, 0) is 51.9 Å². The van der Waals surface area contributed by atoms with Crippen LogP contribution in [-0.4, -0.2) is 41.2 Å². The summed E-state index contributed by atoms with van der Waals surface area (Å²) in [5.41, 5.74) is 5.68. The molecule has 1 heterocycles. The molecule has 0 aliphatic rings. The number of benzene rings is 2. The van der Waals surface area contributed by atoms with Crippen molar-refractivity contribution in [2.45, 2.75) is 33.7 Å². The van der Waals surface area contributed by atoms with Gasteiger partial charge in [-0.25, -0.2) is 0 Å². The van der Waals surface area contributed by atoms with Crippen molar-refractivity contribution in [3.8, 4) is 0 Å². The van der Waals surface area contributed by atoms with Crippen molar-refractivity contribution in [3.05, 3.63) is 64.8 Å². The Labute approximate surface area is 165 Å². The topological polar surface area (TPSA) is 65.2 Å². The first kappa shape index (κ1) is 19.8. The molecule has 1 aromatic heterocycles. The van der Waals surface area contributed by atoms with Crippen molar-refractivity contribution in [2.75, 3.05) is 18.9 Å². The number of hydrogen-bond acceptors (Lipinski definition) is 3. The Kier molecular flexibility index (Phi) is 5.66. The summed E-state index contributed by atoms with van der Waals surface area (Å²) in [6, 6.07) is 11.4. The summed E-state index contributed by atoms with van der Waals surface area (Å²) in [5, 5.41) is 3.90. The molecule has 0 saturated carbocycles. The van der Waals surface area contributed by atoms with Gasteiger partial charge in [0.25, 0.3) is 0 Å². The average molecular weight is 377 g/mol. The summed E-state index contributed by atoms with van der Waals surface area (Å²) in [6.07, 6.45) is 1.75. The van der Waals surface area contributed by atoms with Crippen molar-refractivity contribution in [1.29, 1.82) is 0 Å². The van der Waals surface area contributed by atoms with Crippen LogP contribution in [-0.2, 0) is 4.79 Å². The van der Waals surface area contributed by atoms with E-state index in [0.717, 1.165) is 27.7 Å². The van der Waals surface area contributed by atoms with Crippen LogP contribution in [0.1, 0.15) is 34.0 Å². The van der Waals surface area contributed by atoms with Gasteiger partial charge in [-0.2, -0.15) is 0 Å². The number of aromatic amines is 1. The third-order valence-electron chi connectivity index (χ3n) is 5.23. The fourth-order valence-corrected chi connectivity index (χ4v) is 3.62. The van der Waals surface area contributed by atoms with E-state index in [1.165, 1.54) is 5.56 Å². The second kappa shape index (κ2) is 7.98. The largest absolute Gasteiger partial charge is 0.360 e. The molecule has 1 atom stereocenters. The van der Waals surface area contributed by atoms with Gasteiger partial charge in [0, 0.05) is 28.4 Å². The number of H-pyrrole nitrogens is 1. The van der Waals surface area contributed by atoms with Gasteiger partial charge in [0.1, 0.15) is 0 Å². The SMILES string of the molecule is Cc1cc(C)c(NC(=O)CN(C)[C@@H](C)C(=O)c2c[nH]c3ccccc23)c(C)c1. The van der Waals surface area contributed by atoms with E-state index < -0.39 is 6.04 Å². The van der Waals surface area contributed by atoms with Crippen molar-refractivity contribution in [2.24, 2.45) is 0 Å². The highest BCUT2D eigenvalue weighted by Crippen LogP contribution is 2.22. The molecule has 0 fully saturated rings. The maximum atomic E-state index is 13.0. The summed E-state index contributed by atoms with van der Waals surface area (Å²) in [6.45, 7) is 7.99. The molecule has 0 spiro atoms. The zero-order valence-electron chi connectivity index (χ0n) is 17.1. The third-order valence-corrected chi connectivity index (χ3v) is 5.23. The van der Waals surface area contributed by atoms with Crippen LogP contribution in [0.5, 0.6) is 0 Å². The molecule has 0 aliphatic carbocycles. The molecule has 0 aliphatic heterocycles. The Morgan fingerprint density at radius 3 is 2.43 bits per heavy atom. The van der Waals surface area contributed by atoms with Crippen LogP contribution in [0.15, 0.2) is 42.6 Å². The normalized spacial score (nSPS) is 12.4. The first-order chi connectivity index (χ1) is 13.3. The number of fused-ring (bicyclic) bond motifs is 1. The molecular formula is C23H27N3O2. The van der Waals surface area contributed by atoms with Gasteiger partial charge in [-0.1, -0.05) is 35.9 Å². The minimum Gasteiger partial charge on any atom is -0.360 e. The number of carbonyl (C=O) groups is 2. The number of para-hydroxylation sites is 1. The fourth-order valence-electron chi connectivity index (χ4n) is 3.62. The average Bonchev–Trinajstić information content (AvgIpc) is 3.07. The highest BCUT2D eigenvalue weighted by atomic mass is 16.2. The summed E-state index contributed by atoms with van der Waals surface area (Å²) in [7, 11) is 1.80. The Balaban J connectivity index is 1.69. The lowest BCUT2D eigenvalue weighted by atomic mass is 10.0. The number of nitrogens with zero attached hydrogens (tertiary/aromatic N) is 1. The zero-order chi connectivity index (χ0) is 20.4. The number of amides is 1.